The molecule has 0 aliphatic carbocycles. The molecule has 3 rings (SSSR count). The van der Waals surface area contributed by atoms with E-state index in [0.29, 0.717) is 17.8 Å². The monoisotopic (exact) mass is 373 g/mol. The van der Waals surface area contributed by atoms with E-state index >= 15 is 0 Å². The van der Waals surface area contributed by atoms with Crippen molar-refractivity contribution in [3.8, 4) is 0 Å². The largest absolute Gasteiger partial charge is 0.326 e. The van der Waals surface area contributed by atoms with Crippen LogP contribution in [0.4, 0.5) is 21.9 Å². The Bertz CT molecular complexity index is 894. The van der Waals surface area contributed by atoms with E-state index in [4.69, 9.17) is 0 Å². The zero-order valence-electron chi connectivity index (χ0n) is 15.5. The predicted molar refractivity (Wildman–Crippen MR) is 114 cm³/mol. The van der Waals surface area contributed by atoms with E-state index in [1.165, 1.54) is 5.56 Å². The molecule has 0 fully saturated rings. The molecular weight excluding hydrogens is 350 g/mol. The predicted octanol–water partition coefficient (Wildman–Crippen LogP) is 5.29. The minimum Gasteiger partial charge on any atom is -0.326 e. The van der Waals surface area contributed by atoms with Crippen LogP contribution in [0.1, 0.15) is 18.4 Å². The van der Waals surface area contributed by atoms with Crippen molar-refractivity contribution in [3.05, 3.63) is 90.5 Å². The first kappa shape index (κ1) is 19.2. The summed E-state index contributed by atoms with van der Waals surface area (Å²) in [7, 11) is 0. The number of hydrogen-bond acceptors (Lipinski definition) is 2. The van der Waals surface area contributed by atoms with Gasteiger partial charge in [-0.15, -0.1) is 0 Å². The lowest BCUT2D eigenvalue weighted by atomic mass is 10.1. The molecule has 3 aromatic rings. The first-order valence-corrected chi connectivity index (χ1v) is 9.26. The molecule has 0 saturated carbocycles. The van der Waals surface area contributed by atoms with Crippen LogP contribution in [0.2, 0.25) is 0 Å². The number of urea groups is 1. The summed E-state index contributed by atoms with van der Waals surface area (Å²) in [6.45, 7) is 0. The van der Waals surface area contributed by atoms with Gasteiger partial charge in [0.15, 0.2) is 0 Å². The lowest BCUT2D eigenvalue weighted by Crippen LogP contribution is -2.19. The molecule has 0 heterocycles. The van der Waals surface area contributed by atoms with Crippen molar-refractivity contribution in [2.24, 2.45) is 0 Å². The highest BCUT2D eigenvalue weighted by molar-refractivity contribution is 6.00. The van der Waals surface area contributed by atoms with Gasteiger partial charge in [0.1, 0.15) is 0 Å². The second kappa shape index (κ2) is 9.92. The summed E-state index contributed by atoms with van der Waals surface area (Å²) in [5.41, 5.74) is 3.31. The maximum atomic E-state index is 12.1. The molecule has 0 saturated heterocycles. The summed E-state index contributed by atoms with van der Waals surface area (Å²) in [5, 5.41) is 8.40. The molecule has 3 aromatic carbocycles. The molecule has 5 heteroatoms. The molecular formula is C23H23N3O2. The van der Waals surface area contributed by atoms with Crippen LogP contribution in [-0.2, 0) is 11.2 Å². The van der Waals surface area contributed by atoms with E-state index in [2.05, 4.69) is 28.1 Å². The van der Waals surface area contributed by atoms with Gasteiger partial charge in [0.25, 0.3) is 0 Å². The molecule has 0 radical (unpaired) electrons. The molecule has 0 unspecified atom stereocenters. The Morgan fingerprint density at radius 3 is 1.71 bits per heavy atom. The normalized spacial score (nSPS) is 10.1. The molecule has 0 bridgehead atoms. The van der Waals surface area contributed by atoms with E-state index in [-0.39, 0.29) is 11.9 Å². The van der Waals surface area contributed by atoms with Crippen LogP contribution in [0.5, 0.6) is 0 Å². The molecule has 5 nitrogen and oxygen atoms in total. The van der Waals surface area contributed by atoms with Gasteiger partial charge in [-0.25, -0.2) is 4.79 Å². The smallest absolute Gasteiger partial charge is 0.323 e. The Morgan fingerprint density at radius 2 is 1.11 bits per heavy atom. The zero-order valence-corrected chi connectivity index (χ0v) is 15.5. The molecule has 3 amide bonds. The highest BCUT2D eigenvalue weighted by atomic mass is 16.2. The van der Waals surface area contributed by atoms with Gasteiger partial charge in [0, 0.05) is 23.5 Å². The van der Waals surface area contributed by atoms with Crippen molar-refractivity contribution >= 4 is 29.0 Å². The highest BCUT2D eigenvalue weighted by Gasteiger charge is 2.05. The Balaban J connectivity index is 1.42. The first-order chi connectivity index (χ1) is 13.7. The van der Waals surface area contributed by atoms with Crippen LogP contribution < -0.4 is 16.0 Å². The minimum atomic E-state index is -0.316. The summed E-state index contributed by atoms with van der Waals surface area (Å²) < 4.78 is 0. The lowest BCUT2D eigenvalue weighted by Gasteiger charge is -2.09. The first-order valence-electron chi connectivity index (χ1n) is 9.26. The van der Waals surface area contributed by atoms with Gasteiger partial charge >= 0.3 is 6.03 Å². The molecule has 0 aliphatic rings. The summed E-state index contributed by atoms with van der Waals surface area (Å²) in [4.78, 5) is 24.1. The van der Waals surface area contributed by atoms with E-state index in [9.17, 15) is 9.59 Å². The number of aryl methyl sites for hydroxylation is 1. The topological polar surface area (TPSA) is 70.2 Å². The van der Waals surface area contributed by atoms with E-state index < -0.39 is 0 Å². The van der Waals surface area contributed by atoms with E-state index in [1.807, 2.05) is 48.5 Å². The standard InChI is InChI=1S/C23H23N3O2/c27-22(13-7-10-18-8-3-1-4-9-18)24-20-14-16-21(17-15-20)26-23(28)25-19-11-5-2-6-12-19/h1-6,8-9,11-12,14-17H,7,10,13H2,(H,24,27)(H2,25,26,28). The molecule has 0 aliphatic heterocycles. The number of carbonyl (C=O) groups is 2. The SMILES string of the molecule is O=C(CCCc1ccccc1)Nc1ccc(NC(=O)Nc2ccccc2)cc1. The van der Waals surface area contributed by atoms with Crippen molar-refractivity contribution in [3.63, 3.8) is 0 Å². The number of carbonyl (C=O) groups excluding carboxylic acids is 2. The number of anilines is 3. The van der Waals surface area contributed by atoms with Gasteiger partial charge in [-0.2, -0.15) is 0 Å². The van der Waals surface area contributed by atoms with Gasteiger partial charge in [-0.1, -0.05) is 48.5 Å². The second-order valence-electron chi connectivity index (χ2n) is 6.41. The Labute approximate surface area is 164 Å². The number of rotatable bonds is 7. The maximum Gasteiger partial charge on any atom is 0.323 e. The Morgan fingerprint density at radius 1 is 0.607 bits per heavy atom. The third kappa shape index (κ3) is 6.29. The van der Waals surface area contributed by atoms with Gasteiger partial charge in [-0.05, 0) is 54.8 Å². The van der Waals surface area contributed by atoms with Crippen LogP contribution in [-0.4, -0.2) is 11.9 Å². The molecule has 0 spiro atoms. The van der Waals surface area contributed by atoms with Crippen LogP contribution in [0.25, 0.3) is 0 Å². The van der Waals surface area contributed by atoms with Gasteiger partial charge in [0.05, 0.1) is 0 Å². The molecule has 0 aromatic heterocycles. The molecule has 142 valence electrons. The number of para-hydroxylation sites is 1. The van der Waals surface area contributed by atoms with Crippen molar-refractivity contribution in [1.82, 2.24) is 0 Å². The van der Waals surface area contributed by atoms with Crippen molar-refractivity contribution in [2.75, 3.05) is 16.0 Å². The quantitative estimate of drug-likeness (QED) is 0.526. The average molecular weight is 373 g/mol. The fourth-order valence-electron chi connectivity index (χ4n) is 2.77. The number of hydrogen-bond donors (Lipinski definition) is 3. The van der Waals surface area contributed by atoms with Crippen LogP contribution in [0.3, 0.4) is 0 Å². The fraction of sp³-hybridized carbons (Fsp3) is 0.130. The van der Waals surface area contributed by atoms with Gasteiger partial charge < -0.3 is 16.0 Å². The zero-order chi connectivity index (χ0) is 19.6. The third-order valence-corrected chi connectivity index (χ3v) is 4.17. The van der Waals surface area contributed by atoms with Gasteiger partial charge in [0.2, 0.25) is 5.91 Å². The summed E-state index contributed by atoms with van der Waals surface area (Å²) >= 11 is 0. The fourth-order valence-corrected chi connectivity index (χ4v) is 2.77. The minimum absolute atomic E-state index is 0.0153. The Kier molecular flexibility index (Phi) is 6.79. The average Bonchev–Trinajstić information content (AvgIpc) is 2.71. The molecule has 0 atom stereocenters. The number of nitrogens with one attached hydrogen (secondary N) is 3. The van der Waals surface area contributed by atoms with Crippen LogP contribution >= 0.6 is 0 Å². The third-order valence-electron chi connectivity index (χ3n) is 4.17. The van der Waals surface area contributed by atoms with Crippen LogP contribution in [0, 0.1) is 0 Å². The maximum absolute atomic E-state index is 12.1. The number of benzene rings is 3. The summed E-state index contributed by atoms with van der Waals surface area (Å²) in [6.07, 6.45) is 2.15. The highest BCUT2D eigenvalue weighted by Crippen LogP contribution is 2.15. The molecule has 3 N–H and O–H groups in total. The lowest BCUT2D eigenvalue weighted by molar-refractivity contribution is -0.116. The number of amides is 3. The Hall–Kier alpha value is -3.60. The van der Waals surface area contributed by atoms with Crippen LogP contribution in [0.15, 0.2) is 84.9 Å². The van der Waals surface area contributed by atoms with Crippen molar-refractivity contribution in [1.29, 1.82) is 0 Å². The van der Waals surface area contributed by atoms with Gasteiger partial charge in [-0.3, -0.25) is 4.79 Å². The van der Waals surface area contributed by atoms with Crippen molar-refractivity contribution in [2.45, 2.75) is 19.3 Å². The summed E-state index contributed by atoms with van der Waals surface area (Å²) in [6, 6.07) is 26.1. The van der Waals surface area contributed by atoms with E-state index in [1.54, 1.807) is 24.3 Å². The summed E-state index contributed by atoms with van der Waals surface area (Å²) in [5.74, 6) is -0.0153. The molecule has 28 heavy (non-hydrogen) atoms. The van der Waals surface area contributed by atoms with E-state index in [0.717, 1.165) is 18.5 Å². The second-order valence-corrected chi connectivity index (χ2v) is 6.41. The van der Waals surface area contributed by atoms with Crippen molar-refractivity contribution < 1.29 is 9.59 Å².